The lowest BCUT2D eigenvalue weighted by Gasteiger charge is -2.12. The molecule has 4 heteroatoms. The smallest absolute Gasteiger partial charge is 0.355 e. The number of esters is 1. The minimum Gasteiger partial charge on any atom is -0.458 e. The number of hydrogen-bond acceptors (Lipinski definition) is 3. The number of carbonyl (C=O) groups is 1. The fourth-order valence-corrected chi connectivity index (χ4v) is 1.67. The Bertz CT molecular complexity index is 358. The van der Waals surface area contributed by atoms with Gasteiger partial charge in [-0.2, -0.15) is 0 Å². The second kappa shape index (κ2) is 5.58. The summed E-state index contributed by atoms with van der Waals surface area (Å²) < 4.78 is 7.12. The zero-order valence-corrected chi connectivity index (χ0v) is 10.2. The Morgan fingerprint density at radius 2 is 2.25 bits per heavy atom. The average Bonchev–Trinajstić information content (AvgIpc) is 2.59. The molecule has 0 saturated heterocycles. The van der Waals surface area contributed by atoms with Crippen molar-refractivity contribution in [2.75, 3.05) is 5.73 Å². The van der Waals surface area contributed by atoms with Crippen LogP contribution in [0.3, 0.4) is 0 Å². The van der Waals surface area contributed by atoms with Crippen molar-refractivity contribution in [2.24, 2.45) is 0 Å². The van der Waals surface area contributed by atoms with E-state index in [1.807, 2.05) is 13.8 Å². The van der Waals surface area contributed by atoms with Crippen LogP contribution >= 0.6 is 0 Å². The van der Waals surface area contributed by atoms with Crippen LogP contribution in [0.4, 0.5) is 5.69 Å². The number of nitrogens with zero attached hydrogens (tertiary/aromatic N) is 1. The maximum atomic E-state index is 11.8. The van der Waals surface area contributed by atoms with E-state index in [1.54, 1.807) is 16.8 Å². The molecule has 2 N–H and O–H groups in total. The first-order valence-corrected chi connectivity index (χ1v) is 5.75. The SMILES string of the molecule is CCCC(C)OC(=O)c1cc(N)cn1CC. The summed E-state index contributed by atoms with van der Waals surface area (Å²) in [5, 5.41) is 0. The number of anilines is 1. The summed E-state index contributed by atoms with van der Waals surface area (Å²) in [6.07, 6.45) is 3.60. The van der Waals surface area contributed by atoms with Gasteiger partial charge in [0, 0.05) is 12.7 Å². The van der Waals surface area contributed by atoms with Crippen molar-refractivity contribution in [2.45, 2.75) is 46.3 Å². The maximum Gasteiger partial charge on any atom is 0.355 e. The minimum absolute atomic E-state index is 0.0427. The minimum atomic E-state index is -0.292. The van der Waals surface area contributed by atoms with Crippen LogP contribution in [0.1, 0.15) is 44.1 Å². The van der Waals surface area contributed by atoms with Gasteiger partial charge in [-0.25, -0.2) is 4.79 Å². The first-order chi connectivity index (χ1) is 7.58. The molecule has 4 nitrogen and oxygen atoms in total. The molecule has 0 fully saturated rings. The van der Waals surface area contributed by atoms with Crippen LogP contribution in [0.15, 0.2) is 12.3 Å². The number of aryl methyl sites for hydroxylation is 1. The highest BCUT2D eigenvalue weighted by Gasteiger charge is 2.15. The van der Waals surface area contributed by atoms with E-state index in [2.05, 4.69) is 6.92 Å². The second-order valence-corrected chi connectivity index (χ2v) is 3.95. The number of rotatable bonds is 5. The highest BCUT2D eigenvalue weighted by Crippen LogP contribution is 2.13. The van der Waals surface area contributed by atoms with Gasteiger partial charge in [-0.1, -0.05) is 13.3 Å². The number of nitrogens with two attached hydrogens (primary N) is 1. The topological polar surface area (TPSA) is 57.2 Å². The Morgan fingerprint density at radius 1 is 1.56 bits per heavy atom. The van der Waals surface area contributed by atoms with E-state index >= 15 is 0 Å². The number of carbonyl (C=O) groups excluding carboxylic acids is 1. The van der Waals surface area contributed by atoms with Crippen molar-refractivity contribution in [3.63, 3.8) is 0 Å². The number of nitrogen functional groups attached to an aromatic ring is 1. The molecule has 1 aromatic rings. The van der Waals surface area contributed by atoms with E-state index in [9.17, 15) is 4.79 Å². The zero-order valence-electron chi connectivity index (χ0n) is 10.2. The molecule has 1 rings (SSSR count). The summed E-state index contributed by atoms with van der Waals surface area (Å²) in [6.45, 7) is 6.65. The summed E-state index contributed by atoms with van der Waals surface area (Å²) in [7, 11) is 0. The Hall–Kier alpha value is -1.45. The summed E-state index contributed by atoms with van der Waals surface area (Å²) >= 11 is 0. The Morgan fingerprint density at radius 3 is 2.81 bits per heavy atom. The lowest BCUT2D eigenvalue weighted by molar-refractivity contribution is 0.0311. The first kappa shape index (κ1) is 12.6. The molecular weight excluding hydrogens is 204 g/mol. The molecule has 1 unspecified atom stereocenters. The third-order valence-electron chi connectivity index (χ3n) is 2.47. The lowest BCUT2D eigenvalue weighted by Crippen LogP contribution is -2.17. The van der Waals surface area contributed by atoms with E-state index in [1.165, 1.54) is 0 Å². The van der Waals surface area contributed by atoms with E-state index in [0.717, 1.165) is 12.8 Å². The molecule has 1 aromatic heterocycles. The molecule has 1 heterocycles. The van der Waals surface area contributed by atoms with Gasteiger partial charge in [-0.05, 0) is 26.3 Å². The van der Waals surface area contributed by atoms with Crippen LogP contribution in [0.2, 0.25) is 0 Å². The third-order valence-corrected chi connectivity index (χ3v) is 2.47. The van der Waals surface area contributed by atoms with Gasteiger partial charge in [-0.15, -0.1) is 0 Å². The molecule has 0 saturated carbocycles. The van der Waals surface area contributed by atoms with Crippen molar-refractivity contribution in [1.82, 2.24) is 4.57 Å². The van der Waals surface area contributed by atoms with E-state index in [0.29, 0.717) is 17.9 Å². The van der Waals surface area contributed by atoms with Crippen molar-refractivity contribution in [3.05, 3.63) is 18.0 Å². The Balaban J connectivity index is 2.72. The van der Waals surface area contributed by atoms with Gasteiger partial charge in [0.2, 0.25) is 0 Å². The molecule has 0 aliphatic rings. The molecule has 0 spiro atoms. The van der Waals surface area contributed by atoms with E-state index < -0.39 is 0 Å². The molecule has 0 aromatic carbocycles. The van der Waals surface area contributed by atoms with Crippen molar-refractivity contribution in [1.29, 1.82) is 0 Å². The van der Waals surface area contributed by atoms with Gasteiger partial charge in [0.25, 0.3) is 0 Å². The highest BCUT2D eigenvalue weighted by atomic mass is 16.5. The summed E-state index contributed by atoms with van der Waals surface area (Å²) in [5.74, 6) is -0.292. The number of ether oxygens (including phenoxy) is 1. The largest absolute Gasteiger partial charge is 0.458 e. The average molecular weight is 224 g/mol. The van der Waals surface area contributed by atoms with Crippen molar-refractivity contribution >= 4 is 11.7 Å². The summed E-state index contributed by atoms with van der Waals surface area (Å²) in [4.78, 5) is 11.8. The van der Waals surface area contributed by atoms with Gasteiger partial charge < -0.3 is 15.0 Å². The normalized spacial score (nSPS) is 12.4. The molecule has 0 aliphatic carbocycles. The fourth-order valence-electron chi connectivity index (χ4n) is 1.67. The van der Waals surface area contributed by atoms with Crippen LogP contribution in [-0.4, -0.2) is 16.6 Å². The van der Waals surface area contributed by atoms with Gasteiger partial charge in [0.1, 0.15) is 5.69 Å². The van der Waals surface area contributed by atoms with E-state index in [-0.39, 0.29) is 12.1 Å². The molecule has 1 atom stereocenters. The summed E-state index contributed by atoms with van der Waals surface area (Å²) in [6, 6.07) is 1.66. The Labute approximate surface area is 96.4 Å². The standard InChI is InChI=1S/C12H20N2O2/c1-4-6-9(3)16-12(15)11-7-10(13)8-14(11)5-2/h7-9H,4-6,13H2,1-3H3. The molecule has 16 heavy (non-hydrogen) atoms. The highest BCUT2D eigenvalue weighted by molar-refractivity contribution is 5.89. The molecule has 0 aliphatic heterocycles. The molecule has 0 bridgehead atoms. The Kier molecular flexibility index (Phi) is 4.40. The molecular formula is C12H20N2O2. The molecule has 0 amide bonds. The zero-order chi connectivity index (χ0) is 12.1. The third kappa shape index (κ3) is 3.02. The quantitative estimate of drug-likeness (QED) is 0.781. The van der Waals surface area contributed by atoms with Crippen LogP contribution in [0.25, 0.3) is 0 Å². The van der Waals surface area contributed by atoms with Crippen LogP contribution < -0.4 is 5.73 Å². The monoisotopic (exact) mass is 224 g/mol. The van der Waals surface area contributed by atoms with Crippen LogP contribution in [0.5, 0.6) is 0 Å². The van der Waals surface area contributed by atoms with Gasteiger partial charge in [-0.3, -0.25) is 0 Å². The number of hydrogen-bond donors (Lipinski definition) is 1. The van der Waals surface area contributed by atoms with Gasteiger partial charge >= 0.3 is 5.97 Å². The van der Waals surface area contributed by atoms with Gasteiger partial charge in [0.15, 0.2) is 0 Å². The first-order valence-electron chi connectivity index (χ1n) is 5.75. The predicted molar refractivity (Wildman–Crippen MR) is 64.3 cm³/mol. The van der Waals surface area contributed by atoms with Crippen LogP contribution in [0, 0.1) is 0 Å². The summed E-state index contributed by atoms with van der Waals surface area (Å²) in [5.41, 5.74) is 6.78. The van der Waals surface area contributed by atoms with Crippen molar-refractivity contribution < 1.29 is 9.53 Å². The van der Waals surface area contributed by atoms with E-state index in [4.69, 9.17) is 10.5 Å². The van der Waals surface area contributed by atoms with Crippen LogP contribution in [-0.2, 0) is 11.3 Å². The maximum absolute atomic E-state index is 11.8. The van der Waals surface area contributed by atoms with Crippen molar-refractivity contribution in [3.8, 4) is 0 Å². The lowest BCUT2D eigenvalue weighted by atomic mass is 10.2. The second-order valence-electron chi connectivity index (χ2n) is 3.95. The van der Waals surface area contributed by atoms with Gasteiger partial charge in [0.05, 0.1) is 11.8 Å². The number of aromatic nitrogens is 1. The molecule has 0 radical (unpaired) electrons. The molecule has 90 valence electrons. The fraction of sp³-hybridized carbons (Fsp3) is 0.583. The predicted octanol–water partition coefficient (Wildman–Crippen LogP) is 2.44.